The summed E-state index contributed by atoms with van der Waals surface area (Å²) in [6.45, 7) is 8.40. The molecular formula is C24H25ClN4O2. The maximum atomic E-state index is 6.28. The van der Waals surface area contributed by atoms with E-state index in [-0.39, 0.29) is 5.41 Å². The number of aromatic amines is 1. The van der Waals surface area contributed by atoms with Crippen LogP contribution in [-0.2, 0) is 5.41 Å². The molecular weight excluding hydrogens is 412 g/mol. The third-order valence-electron chi connectivity index (χ3n) is 4.96. The van der Waals surface area contributed by atoms with Gasteiger partial charge in [-0.25, -0.2) is 4.98 Å². The van der Waals surface area contributed by atoms with Gasteiger partial charge >= 0.3 is 0 Å². The quantitative estimate of drug-likeness (QED) is 0.361. The third kappa shape index (κ3) is 4.44. The van der Waals surface area contributed by atoms with Crippen LogP contribution >= 0.6 is 11.6 Å². The second-order valence-electron chi connectivity index (χ2n) is 8.38. The Labute approximate surface area is 186 Å². The number of nitrogens with zero attached hydrogens (tertiary/aromatic N) is 2. The molecule has 0 radical (unpaired) electrons. The first-order valence-corrected chi connectivity index (χ1v) is 10.4. The number of pyridine rings is 1. The Morgan fingerprint density at radius 2 is 1.81 bits per heavy atom. The highest BCUT2D eigenvalue weighted by Crippen LogP contribution is 2.37. The molecule has 2 N–H and O–H groups in total. The number of halogens is 1. The summed E-state index contributed by atoms with van der Waals surface area (Å²) in [5, 5.41) is 3.97. The van der Waals surface area contributed by atoms with Gasteiger partial charge < -0.3 is 19.8 Å². The van der Waals surface area contributed by atoms with Crippen molar-refractivity contribution in [3.8, 4) is 17.5 Å². The molecule has 0 aliphatic rings. The van der Waals surface area contributed by atoms with Crippen molar-refractivity contribution in [2.75, 3.05) is 12.4 Å². The van der Waals surface area contributed by atoms with E-state index in [2.05, 4.69) is 47.1 Å². The first kappa shape index (κ1) is 21.0. The fraction of sp³-hybridized carbons (Fsp3) is 0.250. The van der Waals surface area contributed by atoms with Crippen LogP contribution in [-0.4, -0.2) is 22.1 Å². The van der Waals surface area contributed by atoms with Crippen LogP contribution in [0.3, 0.4) is 0 Å². The van der Waals surface area contributed by atoms with Crippen LogP contribution in [0.1, 0.15) is 31.9 Å². The second kappa shape index (κ2) is 8.12. The predicted molar refractivity (Wildman–Crippen MR) is 125 cm³/mol. The molecule has 4 rings (SSSR count). The number of aryl methyl sites for hydroxylation is 1. The smallest absolute Gasteiger partial charge is 0.246 e. The Balaban J connectivity index is 1.72. The summed E-state index contributed by atoms with van der Waals surface area (Å²) in [4.78, 5) is 12.4. The molecule has 0 saturated carbocycles. The van der Waals surface area contributed by atoms with E-state index in [0.29, 0.717) is 28.4 Å². The Hall–Kier alpha value is -3.25. The van der Waals surface area contributed by atoms with Crippen LogP contribution in [0.5, 0.6) is 17.5 Å². The number of hydrogen-bond acceptors (Lipinski definition) is 5. The molecule has 0 atom stereocenters. The highest BCUT2D eigenvalue weighted by molar-refractivity contribution is 6.32. The number of anilines is 2. The van der Waals surface area contributed by atoms with E-state index in [9.17, 15) is 0 Å². The molecule has 31 heavy (non-hydrogen) atoms. The number of rotatable bonds is 5. The topological polar surface area (TPSA) is 72.1 Å². The standard InChI is InChI=1S/C24H25ClN4O2/c1-14-12-18-19(13-16(14)25)28-23(27-18)26-17-10-11-21(30-5)29-22(17)31-20-9-7-6-8-15(20)24(2,3)4/h6-13H,1-5H3,(H2,26,27,28). The van der Waals surface area contributed by atoms with Crippen molar-refractivity contribution in [1.29, 1.82) is 0 Å². The zero-order chi connectivity index (χ0) is 22.2. The number of para-hydroxylation sites is 1. The SMILES string of the molecule is COc1ccc(Nc2nc3cc(C)c(Cl)cc3[nH]2)c(Oc2ccccc2C(C)(C)C)n1. The summed E-state index contributed by atoms with van der Waals surface area (Å²) in [6.07, 6.45) is 0. The lowest BCUT2D eigenvalue weighted by molar-refractivity contribution is 0.381. The van der Waals surface area contributed by atoms with Crippen LogP contribution < -0.4 is 14.8 Å². The van der Waals surface area contributed by atoms with Gasteiger partial charge in [-0.1, -0.05) is 50.6 Å². The zero-order valence-corrected chi connectivity index (χ0v) is 19.0. The van der Waals surface area contributed by atoms with Crippen molar-refractivity contribution < 1.29 is 9.47 Å². The lowest BCUT2D eigenvalue weighted by atomic mass is 9.86. The fourth-order valence-electron chi connectivity index (χ4n) is 3.31. The summed E-state index contributed by atoms with van der Waals surface area (Å²) in [5.41, 5.74) is 4.30. The molecule has 160 valence electrons. The first-order chi connectivity index (χ1) is 14.7. The van der Waals surface area contributed by atoms with Gasteiger partial charge in [0.25, 0.3) is 0 Å². The van der Waals surface area contributed by atoms with Crippen molar-refractivity contribution in [1.82, 2.24) is 15.0 Å². The molecule has 0 unspecified atom stereocenters. The Morgan fingerprint density at radius 3 is 2.55 bits per heavy atom. The molecule has 0 bridgehead atoms. The summed E-state index contributed by atoms with van der Waals surface area (Å²) in [5.74, 6) is 2.16. The van der Waals surface area contributed by atoms with Crippen LogP contribution in [0.15, 0.2) is 48.5 Å². The number of benzene rings is 2. The van der Waals surface area contributed by atoms with Crippen molar-refractivity contribution in [3.63, 3.8) is 0 Å². The third-order valence-corrected chi connectivity index (χ3v) is 5.37. The Bertz CT molecular complexity index is 1210. The van der Waals surface area contributed by atoms with E-state index >= 15 is 0 Å². The summed E-state index contributed by atoms with van der Waals surface area (Å²) >= 11 is 6.25. The lowest BCUT2D eigenvalue weighted by Gasteiger charge is -2.23. The lowest BCUT2D eigenvalue weighted by Crippen LogP contribution is -2.12. The first-order valence-electron chi connectivity index (χ1n) is 10.00. The van der Waals surface area contributed by atoms with E-state index in [4.69, 9.17) is 21.1 Å². The number of H-pyrrole nitrogens is 1. The van der Waals surface area contributed by atoms with Gasteiger partial charge in [-0.05, 0) is 42.2 Å². The number of ether oxygens (including phenoxy) is 2. The van der Waals surface area contributed by atoms with Gasteiger partial charge in [-0.3, -0.25) is 0 Å². The van der Waals surface area contributed by atoms with Gasteiger partial charge in [0.2, 0.25) is 17.7 Å². The zero-order valence-electron chi connectivity index (χ0n) is 18.2. The minimum absolute atomic E-state index is 0.0844. The Morgan fingerprint density at radius 1 is 1.03 bits per heavy atom. The van der Waals surface area contributed by atoms with Crippen molar-refractivity contribution >= 4 is 34.3 Å². The number of hydrogen-bond donors (Lipinski definition) is 2. The van der Waals surface area contributed by atoms with Crippen LogP contribution in [0.25, 0.3) is 11.0 Å². The fourth-order valence-corrected chi connectivity index (χ4v) is 3.47. The molecule has 2 heterocycles. The predicted octanol–water partition coefficient (Wildman–Crippen LogP) is 6.76. The minimum atomic E-state index is -0.0844. The maximum Gasteiger partial charge on any atom is 0.246 e. The van der Waals surface area contributed by atoms with E-state index in [1.165, 1.54) is 0 Å². The van der Waals surface area contributed by atoms with E-state index < -0.39 is 0 Å². The van der Waals surface area contributed by atoms with Crippen molar-refractivity contribution in [3.05, 3.63) is 64.7 Å². The Kier molecular flexibility index (Phi) is 5.50. The summed E-state index contributed by atoms with van der Waals surface area (Å²) in [7, 11) is 1.58. The molecule has 0 spiro atoms. The molecule has 2 aromatic carbocycles. The average Bonchev–Trinajstić information content (AvgIpc) is 3.10. The van der Waals surface area contributed by atoms with Crippen molar-refractivity contribution in [2.24, 2.45) is 0 Å². The number of nitrogens with one attached hydrogen (secondary N) is 2. The highest BCUT2D eigenvalue weighted by atomic mass is 35.5. The van der Waals surface area contributed by atoms with Crippen LogP contribution in [0.2, 0.25) is 5.02 Å². The van der Waals surface area contributed by atoms with Crippen LogP contribution in [0, 0.1) is 6.92 Å². The van der Waals surface area contributed by atoms with E-state index in [0.717, 1.165) is 27.9 Å². The van der Waals surface area contributed by atoms with Gasteiger partial charge in [-0.15, -0.1) is 0 Å². The normalized spacial score (nSPS) is 11.5. The molecule has 2 aromatic heterocycles. The molecule has 0 amide bonds. The van der Waals surface area contributed by atoms with Gasteiger partial charge in [0.05, 0.1) is 18.1 Å². The van der Waals surface area contributed by atoms with Gasteiger partial charge in [0.1, 0.15) is 11.4 Å². The highest BCUT2D eigenvalue weighted by Gasteiger charge is 2.20. The molecule has 0 aliphatic heterocycles. The van der Waals surface area contributed by atoms with Crippen LogP contribution in [0.4, 0.5) is 11.6 Å². The average molecular weight is 437 g/mol. The number of aromatic nitrogens is 3. The molecule has 6 nitrogen and oxygen atoms in total. The maximum absolute atomic E-state index is 6.28. The van der Waals surface area contributed by atoms with E-state index in [1.54, 1.807) is 13.2 Å². The van der Waals surface area contributed by atoms with Gasteiger partial charge in [0, 0.05) is 16.7 Å². The van der Waals surface area contributed by atoms with E-state index in [1.807, 2.05) is 43.3 Å². The van der Waals surface area contributed by atoms with Gasteiger partial charge in [-0.2, -0.15) is 4.98 Å². The number of imidazole rings is 1. The number of fused-ring (bicyclic) bond motifs is 1. The van der Waals surface area contributed by atoms with Crippen molar-refractivity contribution in [2.45, 2.75) is 33.1 Å². The molecule has 0 saturated heterocycles. The second-order valence-corrected chi connectivity index (χ2v) is 8.79. The van der Waals surface area contributed by atoms with Gasteiger partial charge in [0.15, 0.2) is 0 Å². The minimum Gasteiger partial charge on any atom is -0.481 e. The largest absolute Gasteiger partial charge is 0.481 e. The number of methoxy groups -OCH3 is 1. The molecule has 7 heteroatoms. The molecule has 4 aromatic rings. The summed E-state index contributed by atoms with van der Waals surface area (Å²) < 4.78 is 11.6. The molecule has 0 fully saturated rings. The molecule has 0 aliphatic carbocycles. The monoisotopic (exact) mass is 436 g/mol. The summed E-state index contributed by atoms with van der Waals surface area (Å²) in [6, 6.07) is 15.4.